The molecule has 108 valence electrons. The van der Waals surface area contributed by atoms with Gasteiger partial charge in [-0.15, -0.1) is 0 Å². The Kier molecular flexibility index (Phi) is 5.35. The number of hydrogen-bond acceptors (Lipinski definition) is 3. The van der Waals surface area contributed by atoms with Gasteiger partial charge in [0.1, 0.15) is 5.75 Å². The summed E-state index contributed by atoms with van der Waals surface area (Å²) < 4.78 is 5.45. The number of hydrogen-bond donors (Lipinski definition) is 2. The predicted molar refractivity (Wildman–Crippen MR) is 83.1 cm³/mol. The van der Waals surface area contributed by atoms with Crippen LogP contribution in [0.4, 0.5) is 0 Å². The van der Waals surface area contributed by atoms with Crippen LogP contribution in [0.15, 0.2) is 24.3 Å². The van der Waals surface area contributed by atoms with E-state index in [0.717, 1.165) is 12.8 Å². The molecule has 20 heavy (non-hydrogen) atoms. The molecule has 1 aromatic carbocycles. The summed E-state index contributed by atoms with van der Waals surface area (Å²) in [5.74, 6) is 0.348. The molecular weight excluding hydrogens is 272 g/mol. The number of rotatable bonds is 4. The maximum atomic E-state index is 12.2. The largest absolute Gasteiger partial charge is 0.493 e. The molecular formula is C15H20N2O2S. The van der Waals surface area contributed by atoms with E-state index in [2.05, 4.69) is 10.6 Å². The van der Waals surface area contributed by atoms with Gasteiger partial charge in [0.25, 0.3) is 5.91 Å². The minimum atomic E-state index is -0.232. The lowest BCUT2D eigenvalue weighted by molar-refractivity contribution is 0.0973. The van der Waals surface area contributed by atoms with Gasteiger partial charge in [0.05, 0.1) is 12.2 Å². The van der Waals surface area contributed by atoms with Gasteiger partial charge in [-0.1, -0.05) is 25.0 Å². The minimum absolute atomic E-state index is 0.232. The number of carbonyl (C=O) groups excluding carboxylic acids is 1. The molecule has 0 spiro atoms. The van der Waals surface area contributed by atoms with Crippen molar-refractivity contribution >= 4 is 23.2 Å². The second kappa shape index (κ2) is 7.24. The molecule has 1 aliphatic rings. The van der Waals surface area contributed by atoms with E-state index < -0.39 is 0 Å². The summed E-state index contributed by atoms with van der Waals surface area (Å²) in [7, 11) is 0. The predicted octanol–water partition coefficient (Wildman–Crippen LogP) is 2.63. The van der Waals surface area contributed by atoms with Crippen LogP contribution in [0.2, 0.25) is 0 Å². The smallest absolute Gasteiger partial charge is 0.261 e. The van der Waals surface area contributed by atoms with Crippen molar-refractivity contribution in [3.05, 3.63) is 29.8 Å². The Balaban J connectivity index is 1.95. The molecule has 0 atom stereocenters. The third kappa shape index (κ3) is 3.93. The second-order valence-electron chi connectivity index (χ2n) is 4.84. The lowest BCUT2D eigenvalue weighted by Gasteiger charge is -2.15. The molecule has 1 fully saturated rings. The molecule has 0 aromatic heterocycles. The zero-order chi connectivity index (χ0) is 14.4. The summed E-state index contributed by atoms with van der Waals surface area (Å²) in [5, 5.41) is 6.31. The normalized spacial score (nSPS) is 14.8. The van der Waals surface area contributed by atoms with Crippen LogP contribution in [0.5, 0.6) is 5.75 Å². The summed E-state index contributed by atoms with van der Waals surface area (Å²) in [6, 6.07) is 7.57. The van der Waals surface area contributed by atoms with Crippen molar-refractivity contribution in [1.29, 1.82) is 0 Å². The van der Waals surface area contributed by atoms with Crippen molar-refractivity contribution in [2.75, 3.05) is 6.61 Å². The third-order valence-electron chi connectivity index (χ3n) is 3.35. The third-order valence-corrected chi connectivity index (χ3v) is 3.57. The fourth-order valence-electron chi connectivity index (χ4n) is 2.40. The van der Waals surface area contributed by atoms with Crippen molar-refractivity contribution in [2.24, 2.45) is 0 Å². The van der Waals surface area contributed by atoms with Crippen LogP contribution in [0, 0.1) is 0 Å². The number of amides is 1. The highest BCUT2D eigenvalue weighted by molar-refractivity contribution is 7.80. The van der Waals surface area contributed by atoms with Crippen LogP contribution in [0.25, 0.3) is 0 Å². The molecule has 1 aromatic rings. The van der Waals surface area contributed by atoms with Crippen molar-refractivity contribution < 1.29 is 9.53 Å². The summed E-state index contributed by atoms with van der Waals surface area (Å²) in [4.78, 5) is 12.2. The van der Waals surface area contributed by atoms with Gasteiger partial charge in [-0.05, 0) is 44.1 Å². The fraction of sp³-hybridized carbons (Fsp3) is 0.467. The van der Waals surface area contributed by atoms with Gasteiger partial charge in [0.15, 0.2) is 5.11 Å². The van der Waals surface area contributed by atoms with Gasteiger partial charge in [0, 0.05) is 6.04 Å². The number of ether oxygens (including phenoxy) is 1. The van der Waals surface area contributed by atoms with E-state index in [1.807, 2.05) is 19.1 Å². The highest BCUT2D eigenvalue weighted by Crippen LogP contribution is 2.19. The van der Waals surface area contributed by atoms with Crippen molar-refractivity contribution in [3.63, 3.8) is 0 Å². The summed E-state index contributed by atoms with van der Waals surface area (Å²) in [6.45, 7) is 2.41. The Hall–Kier alpha value is -1.62. The van der Waals surface area contributed by atoms with E-state index in [9.17, 15) is 4.79 Å². The topological polar surface area (TPSA) is 50.4 Å². The van der Waals surface area contributed by atoms with Gasteiger partial charge in [-0.25, -0.2) is 0 Å². The van der Waals surface area contributed by atoms with Gasteiger partial charge in [-0.2, -0.15) is 0 Å². The van der Waals surface area contributed by atoms with Crippen LogP contribution in [0.1, 0.15) is 43.0 Å². The Morgan fingerprint density at radius 2 is 2.05 bits per heavy atom. The van der Waals surface area contributed by atoms with Crippen LogP contribution in [-0.2, 0) is 0 Å². The molecule has 1 aliphatic carbocycles. The van der Waals surface area contributed by atoms with Gasteiger partial charge >= 0.3 is 0 Å². The van der Waals surface area contributed by atoms with Crippen molar-refractivity contribution in [3.8, 4) is 5.75 Å². The first-order chi connectivity index (χ1) is 9.70. The summed E-state index contributed by atoms with van der Waals surface area (Å²) in [5.41, 5.74) is 0.505. The lowest BCUT2D eigenvalue weighted by Crippen LogP contribution is -2.43. The molecule has 5 heteroatoms. The molecule has 0 heterocycles. The first-order valence-electron chi connectivity index (χ1n) is 7.04. The SMILES string of the molecule is CCOc1ccccc1C(=O)NC(=S)NC1CCCC1. The van der Waals surface area contributed by atoms with E-state index in [0.29, 0.717) is 29.1 Å². The molecule has 1 saturated carbocycles. The van der Waals surface area contributed by atoms with Gasteiger partial charge in [0.2, 0.25) is 0 Å². The highest BCUT2D eigenvalue weighted by atomic mass is 32.1. The van der Waals surface area contributed by atoms with E-state index >= 15 is 0 Å². The molecule has 4 nitrogen and oxygen atoms in total. The number of benzene rings is 1. The number of para-hydroxylation sites is 1. The molecule has 0 bridgehead atoms. The molecule has 0 radical (unpaired) electrons. The van der Waals surface area contributed by atoms with E-state index in [4.69, 9.17) is 17.0 Å². The Bertz CT molecular complexity index is 485. The molecule has 0 aliphatic heterocycles. The maximum Gasteiger partial charge on any atom is 0.261 e. The quantitative estimate of drug-likeness (QED) is 0.838. The average Bonchev–Trinajstić information content (AvgIpc) is 2.92. The van der Waals surface area contributed by atoms with Crippen LogP contribution < -0.4 is 15.4 Å². The fourth-order valence-corrected chi connectivity index (χ4v) is 2.66. The highest BCUT2D eigenvalue weighted by Gasteiger charge is 2.18. The first-order valence-corrected chi connectivity index (χ1v) is 7.45. The van der Waals surface area contributed by atoms with Gasteiger partial charge < -0.3 is 10.1 Å². The Labute approximate surface area is 124 Å². The Morgan fingerprint density at radius 1 is 1.35 bits per heavy atom. The molecule has 2 rings (SSSR count). The monoisotopic (exact) mass is 292 g/mol. The minimum Gasteiger partial charge on any atom is -0.493 e. The zero-order valence-corrected chi connectivity index (χ0v) is 12.5. The molecule has 0 unspecified atom stereocenters. The zero-order valence-electron chi connectivity index (χ0n) is 11.6. The lowest BCUT2D eigenvalue weighted by atomic mass is 10.2. The molecule has 0 saturated heterocycles. The van der Waals surface area contributed by atoms with E-state index in [-0.39, 0.29) is 5.91 Å². The number of carbonyl (C=O) groups is 1. The summed E-state index contributed by atoms with van der Waals surface area (Å²) in [6.07, 6.45) is 4.68. The van der Waals surface area contributed by atoms with E-state index in [1.165, 1.54) is 12.8 Å². The van der Waals surface area contributed by atoms with Crippen molar-refractivity contribution in [1.82, 2.24) is 10.6 Å². The first kappa shape index (κ1) is 14.8. The maximum absolute atomic E-state index is 12.2. The van der Waals surface area contributed by atoms with E-state index in [1.54, 1.807) is 12.1 Å². The number of thiocarbonyl (C=S) groups is 1. The van der Waals surface area contributed by atoms with Crippen molar-refractivity contribution in [2.45, 2.75) is 38.6 Å². The number of nitrogens with one attached hydrogen (secondary N) is 2. The summed E-state index contributed by atoms with van der Waals surface area (Å²) >= 11 is 5.19. The molecule has 2 N–H and O–H groups in total. The molecule has 1 amide bonds. The second-order valence-corrected chi connectivity index (χ2v) is 5.25. The van der Waals surface area contributed by atoms with Gasteiger partial charge in [-0.3, -0.25) is 10.1 Å². The van der Waals surface area contributed by atoms with Crippen LogP contribution in [0.3, 0.4) is 0 Å². The van der Waals surface area contributed by atoms with Crippen LogP contribution in [-0.4, -0.2) is 23.7 Å². The average molecular weight is 292 g/mol. The standard InChI is InChI=1S/C15H20N2O2S/c1-2-19-13-10-6-5-9-12(13)14(18)17-15(20)16-11-7-3-4-8-11/h5-6,9-11H,2-4,7-8H2,1H3,(H2,16,17,18,20). The Morgan fingerprint density at radius 3 is 2.75 bits per heavy atom. The van der Waals surface area contributed by atoms with Crippen LogP contribution >= 0.6 is 12.2 Å².